The van der Waals surface area contributed by atoms with Gasteiger partial charge in [-0.3, -0.25) is 0 Å². The molecule has 0 amide bonds. The van der Waals surface area contributed by atoms with Crippen LogP contribution in [0.3, 0.4) is 0 Å². The maximum Gasteiger partial charge on any atom is 0.375 e. The van der Waals surface area contributed by atoms with Crippen LogP contribution >= 0.6 is 15.2 Å². The molecule has 0 saturated carbocycles. The zero-order valence-electron chi connectivity index (χ0n) is 18.6. The SMILES string of the molecule is CCCCCc1cc(OP(C)(=O)OC)c(-c2cccc(C)c2)c(OP(C)(=O)OC)c1. The number of unbranched alkanes of at least 4 members (excludes halogenated alkanes) is 2. The van der Waals surface area contributed by atoms with Gasteiger partial charge in [0.25, 0.3) is 0 Å². The van der Waals surface area contributed by atoms with Gasteiger partial charge in [0.2, 0.25) is 0 Å². The van der Waals surface area contributed by atoms with Gasteiger partial charge in [0.05, 0.1) is 5.56 Å². The lowest BCUT2D eigenvalue weighted by Crippen LogP contribution is -2.01. The largest absolute Gasteiger partial charge is 0.424 e. The third-order valence-electron chi connectivity index (χ3n) is 4.69. The topological polar surface area (TPSA) is 71.1 Å². The van der Waals surface area contributed by atoms with Crippen molar-refractivity contribution in [2.24, 2.45) is 0 Å². The van der Waals surface area contributed by atoms with Gasteiger partial charge in [0.15, 0.2) is 0 Å². The molecule has 2 unspecified atom stereocenters. The van der Waals surface area contributed by atoms with Crippen LogP contribution < -0.4 is 9.05 Å². The summed E-state index contributed by atoms with van der Waals surface area (Å²) in [5, 5.41) is 0. The van der Waals surface area contributed by atoms with Gasteiger partial charge in [-0.2, -0.15) is 0 Å². The summed E-state index contributed by atoms with van der Waals surface area (Å²) in [4.78, 5) is 0. The second-order valence-corrected chi connectivity index (χ2v) is 11.6. The molecule has 0 aliphatic carbocycles. The molecular weight excluding hydrogens is 422 g/mol. The van der Waals surface area contributed by atoms with Crippen molar-refractivity contribution in [3.05, 3.63) is 47.5 Å². The van der Waals surface area contributed by atoms with E-state index in [1.54, 1.807) is 0 Å². The maximum atomic E-state index is 12.7. The van der Waals surface area contributed by atoms with E-state index in [-0.39, 0.29) is 0 Å². The van der Waals surface area contributed by atoms with E-state index >= 15 is 0 Å². The van der Waals surface area contributed by atoms with Crippen molar-refractivity contribution in [3.63, 3.8) is 0 Å². The summed E-state index contributed by atoms with van der Waals surface area (Å²) in [5.41, 5.74) is 3.34. The molecule has 0 saturated heterocycles. The molecule has 0 radical (unpaired) electrons. The van der Waals surface area contributed by atoms with Gasteiger partial charge in [-0.1, -0.05) is 49.6 Å². The highest BCUT2D eigenvalue weighted by atomic mass is 31.2. The van der Waals surface area contributed by atoms with Crippen LogP contribution in [0.5, 0.6) is 11.5 Å². The predicted molar refractivity (Wildman–Crippen MR) is 122 cm³/mol. The summed E-state index contributed by atoms with van der Waals surface area (Å²) in [6.45, 7) is 6.94. The Morgan fingerprint density at radius 3 is 1.90 bits per heavy atom. The molecule has 0 N–H and O–H groups in total. The quantitative estimate of drug-likeness (QED) is 0.267. The molecule has 0 aliphatic heterocycles. The molecule has 0 aliphatic rings. The van der Waals surface area contributed by atoms with E-state index in [1.165, 1.54) is 27.5 Å². The Bertz CT molecular complexity index is 909. The molecule has 30 heavy (non-hydrogen) atoms. The minimum absolute atomic E-state index is 0.369. The Morgan fingerprint density at radius 2 is 1.43 bits per heavy atom. The van der Waals surface area contributed by atoms with Gasteiger partial charge in [-0.15, -0.1) is 0 Å². The molecule has 0 aromatic heterocycles. The fraction of sp³-hybridized carbons (Fsp3) is 0.455. The summed E-state index contributed by atoms with van der Waals surface area (Å²) in [6, 6.07) is 11.5. The molecule has 2 aromatic rings. The van der Waals surface area contributed by atoms with Gasteiger partial charge >= 0.3 is 15.2 Å². The zero-order valence-corrected chi connectivity index (χ0v) is 20.4. The van der Waals surface area contributed by atoms with E-state index in [4.69, 9.17) is 18.1 Å². The summed E-state index contributed by atoms with van der Waals surface area (Å²) in [6.07, 6.45) is 3.95. The van der Waals surface area contributed by atoms with Gasteiger partial charge in [-0.25, -0.2) is 9.13 Å². The van der Waals surface area contributed by atoms with E-state index in [0.717, 1.165) is 42.4 Å². The first-order valence-corrected chi connectivity index (χ1v) is 14.0. The first kappa shape index (κ1) is 24.7. The fourth-order valence-corrected chi connectivity index (χ4v) is 4.18. The molecule has 166 valence electrons. The zero-order chi connectivity index (χ0) is 22.4. The highest BCUT2D eigenvalue weighted by molar-refractivity contribution is 7.53. The van der Waals surface area contributed by atoms with Gasteiger partial charge < -0.3 is 18.1 Å². The third kappa shape index (κ3) is 6.99. The van der Waals surface area contributed by atoms with Crippen LogP contribution in [0, 0.1) is 6.92 Å². The van der Waals surface area contributed by atoms with E-state index in [0.29, 0.717) is 17.1 Å². The number of hydrogen-bond acceptors (Lipinski definition) is 6. The highest BCUT2D eigenvalue weighted by Gasteiger charge is 2.26. The number of hydrogen-bond donors (Lipinski definition) is 0. The number of aryl methyl sites for hydroxylation is 2. The maximum absolute atomic E-state index is 12.7. The van der Waals surface area contributed by atoms with E-state index < -0.39 is 15.2 Å². The monoisotopic (exact) mass is 454 g/mol. The van der Waals surface area contributed by atoms with Crippen molar-refractivity contribution in [1.82, 2.24) is 0 Å². The average molecular weight is 454 g/mol. The molecule has 2 atom stereocenters. The normalized spacial score (nSPS) is 15.3. The fourth-order valence-electron chi connectivity index (χ4n) is 3.03. The minimum Gasteiger partial charge on any atom is -0.424 e. The van der Waals surface area contributed by atoms with E-state index in [2.05, 4.69) is 6.92 Å². The van der Waals surface area contributed by atoms with Crippen molar-refractivity contribution in [2.75, 3.05) is 27.5 Å². The van der Waals surface area contributed by atoms with Crippen LogP contribution in [0.4, 0.5) is 0 Å². The summed E-state index contributed by atoms with van der Waals surface area (Å²) in [5.74, 6) is 0.738. The Morgan fingerprint density at radius 1 is 0.867 bits per heavy atom. The van der Waals surface area contributed by atoms with Crippen LogP contribution in [-0.4, -0.2) is 27.5 Å². The summed E-state index contributed by atoms with van der Waals surface area (Å²) < 4.78 is 47.1. The second kappa shape index (κ2) is 10.6. The van der Waals surface area contributed by atoms with Gasteiger partial charge in [0.1, 0.15) is 11.5 Å². The average Bonchev–Trinajstić information content (AvgIpc) is 2.67. The van der Waals surface area contributed by atoms with Gasteiger partial charge in [0, 0.05) is 27.5 Å². The molecule has 0 heterocycles. The van der Waals surface area contributed by atoms with Crippen molar-refractivity contribution >= 4 is 15.2 Å². The van der Waals surface area contributed by atoms with E-state index in [9.17, 15) is 9.13 Å². The van der Waals surface area contributed by atoms with Crippen molar-refractivity contribution in [2.45, 2.75) is 39.5 Å². The first-order valence-electron chi connectivity index (χ1n) is 10.0. The Kier molecular flexibility index (Phi) is 8.75. The third-order valence-corrected chi connectivity index (χ3v) is 7.08. The smallest absolute Gasteiger partial charge is 0.375 e. The lowest BCUT2D eigenvalue weighted by molar-refractivity contribution is 0.325. The Hall–Kier alpha value is -1.58. The number of rotatable bonds is 11. The lowest BCUT2D eigenvalue weighted by atomic mass is 9.98. The molecule has 0 fully saturated rings. The molecule has 2 rings (SSSR count). The molecule has 2 aromatic carbocycles. The van der Waals surface area contributed by atoms with Crippen molar-refractivity contribution < 1.29 is 27.2 Å². The summed E-state index contributed by atoms with van der Waals surface area (Å²) in [7, 11) is -3.98. The molecular formula is C22H32O6P2. The van der Waals surface area contributed by atoms with Crippen LogP contribution in [0.25, 0.3) is 11.1 Å². The standard InChI is InChI=1S/C22H32O6P2/c1-7-8-9-12-18-15-20(27-29(5,23)25-3)22(19-13-10-11-17(2)14-19)21(16-18)28-30(6,24)26-4/h10-11,13-16H,7-9,12H2,1-6H3. The Balaban J connectivity index is 2.71. The molecule has 0 spiro atoms. The van der Waals surface area contributed by atoms with Crippen molar-refractivity contribution in [3.8, 4) is 22.6 Å². The van der Waals surface area contributed by atoms with Crippen LogP contribution in [0.1, 0.15) is 37.3 Å². The van der Waals surface area contributed by atoms with Crippen LogP contribution in [0.2, 0.25) is 0 Å². The Labute approximate surface area is 180 Å². The predicted octanol–water partition coefficient (Wildman–Crippen LogP) is 7.09. The van der Waals surface area contributed by atoms with E-state index in [1.807, 2.05) is 43.3 Å². The molecule has 6 nitrogen and oxygen atoms in total. The molecule has 0 bridgehead atoms. The first-order chi connectivity index (χ1) is 14.1. The van der Waals surface area contributed by atoms with Gasteiger partial charge in [-0.05, 0) is 43.0 Å². The van der Waals surface area contributed by atoms with Crippen molar-refractivity contribution in [1.29, 1.82) is 0 Å². The summed E-state index contributed by atoms with van der Waals surface area (Å²) >= 11 is 0. The van der Waals surface area contributed by atoms with Crippen LogP contribution in [-0.2, 0) is 24.6 Å². The second-order valence-electron chi connectivity index (χ2n) is 7.38. The minimum atomic E-state index is -3.34. The highest BCUT2D eigenvalue weighted by Crippen LogP contribution is 2.53. The lowest BCUT2D eigenvalue weighted by Gasteiger charge is -2.22. The number of benzene rings is 2. The van der Waals surface area contributed by atoms with Crippen LogP contribution in [0.15, 0.2) is 36.4 Å². The molecule has 8 heteroatoms.